The van der Waals surface area contributed by atoms with E-state index in [0.29, 0.717) is 0 Å². The third-order valence-corrected chi connectivity index (χ3v) is 9.15. The van der Waals surface area contributed by atoms with Gasteiger partial charge in [-0.3, -0.25) is 0 Å². The second-order valence-electron chi connectivity index (χ2n) is 8.14. The van der Waals surface area contributed by atoms with Crippen LogP contribution in [0.4, 0.5) is 0 Å². The lowest BCUT2D eigenvalue weighted by Crippen LogP contribution is -2.44. The Hall–Kier alpha value is -2.17. The predicted molar refractivity (Wildman–Crippen MR) is 138 cm³/mol. The van der Waals surface area contributed by atoms with Gasteiger partial charge in [0.1, 0.15) is 0 Å². The van der Waals surface area contributed by atoms with E-state index in [2.05, 4.69) is 106 Å². The number of benzene rings is 3. The number of para-hydroxylation sites is 2. The smallest absolute Gasteiger partial charge is 0.267 e. The summed E-state index contributed by atoms with van der Waals surface area (Å²) in [6.45, 7) is 4.93. The van der Waals surface area contributed by atoms with Crippen molar-refractivity contribution in [3.63, 3.8) is 0 Å². The summed E-state index contributed by atoms with van der Waals surface area (Å²) >= 11 is 14.4. The Morgan fingerprint density at radius 2 is 0.968 bits per heavy atom. The lowest BCUT2D eigenvalue weighted by atomic mass is 10.0. The molecule has 0 bridgehead atoms. The molecule has 0 N–H and O–H groups in total. The minimum Gasteiger partial charge on any atom is -0.349 e. The molecule has 0 saturated heterocycles. The highest BCUT2D eigenvalue weighted by Crippen LogP contribution is 2.43. The molecule has 5 aromatic rings. The summed E-state index contributed by atoms with van der Waals surface area (Å²) in [5.41, 5.74) is 8.02. The van der Waals surface area contributed by atoms with Gasteiger partial charge in [0.25, 0.3) is 8.40 Å². The van der Waals surface area contributed by atoms with Crippen LogP contribution in [0.5, 0.6) is 0 Å². The van der Waals surface area contributed by atoms with Gasteiger partial charge in [-0.1, -0.05) is 95.5 Å². The molecule has 1 aliphatic rings. The molecule has 0 atom stereocenters. The van der Waals surface area contributed by atoms with E-state index in [0.717, 1.165) is 0 Å². The average molecular weight is 484 g/mol. The van der Waals surface area contributed by atoms with Crippen molar-refractivity contribution >= 4 is 65.0 Å². The SMILES string of the molecule is C[Si]1(C)n2c(cc3ccccc32)-c2ccccc2-c2cc3ccccc3n21.ClC(Cl)Cl. The largest absolute Gasteiger partial charge is 0.349 e. The Kier molecular flexibility index (Phi) is 5.18. The van der Waals surface area contributed by atoms with Crippen LogP contribution in [0, 0.1) is 0 Å². The molecule has 0 saturated carbocycles. The van der Waals surface area contributed by atoms with Crippen LogP contribution < -0.4 is 0 Å². The van der Waals surface area contributed by atoms with Gasteiger partial charge >= 0.3 is 0 Å². The summed E-state index contributed by atoms with van der Waals surface area (Å²) in [5, 5.41) is 2.64. The van der Waals surface area contributed by atoms with Crippen molar-refractivity contribution in [3.8, 4) is 22.5 Å². The van der Waals surface area contributed by atoms with E-state index in [1.165, 1.54) is 44.3 Å². The summed E-state index contributed by atoms with van der Waals surface area (Å²) in [6.07, 6.45) is 0. The highest BCUT2D eigenvalue weighted by molar-refractivity contribution is 6.77. The topological polar surface area (TPSA) is 9.86 Å². The van der Waals surface area contributed by atoms with Crippen molar-refractivity contribution in [2.75, 3.05) is 0 Å². The van der Waals surface area contributed by atoms with Crippen molar-refractivity contribution in [2.45, 2.75) is 17.4 Å². The molecule has 3 aromatic carbocycles. The van der Waals surface area contributed by atoms with Gasteiger partial charge in [-0.05, 0) is 48.1 Å². The molecule has 31 heavy (non-hydrogen) atoms. The number of hydrogen-bond donors (Lipinski definition) is 0. The fraction of sp³-hybridized carbons (Fsp3) is 0.120. The van der Waals surface area contributed by atoms with E-state index in [-0.39, 0.29) is 0 Å². The first-order chi connectivity index (χ1) is 14.9. The maximum atomic E-state index is 4.81. The molecule has 2 nitrogen and oxygen atoms in total. The molecule has 0 aliphatic carbocycles. The maximum absolute atomic E-state index is 4.81. The number of alkyl halides is 3. The van der Waals surface area contributed by atoms with Crippen LogP contribution in [-0.2, 0) is 0 Å². The van der Waals surface area contributed by atoms with Crippen LogP contribution in [0.3, 0.4) is 0 Å². The van der Waals surface area contributed by atoms with E-state index in [9.17, 15) is 0 Å². The van der Waals surface area contributed by atoms with Crippen molar-refractivity contribution < 1.29 is 0 Å². The van der Waals surface area contributed by atoms with Crippen molar-refractivity contribution in [2.24, 2.45) is 0 Å². The van der Waals surface area contributed by atoms with E-state index in [4.69, 9.17) is 34.8 Å². The summed E-state index contributed by atoms with van der Waals surface area (Å²) in [5.74, 6) is 0. The first kappa shape index (κ1) is 20.7. The average Bonchev–Trinajstić information content (AvgIpc) is 3.31. The standard InChI is InChI=1S/C24H20N2Si.CHCl3/c1-27(2)25-21-13-7-3-9-17(21)15-23(25)19-11-5-6-12-20(19)24-16-18-10-4-8-14-22(18)26(24)27;2-1(3)4/h3-16H,1-2H3;1H. The minimum atomic E-state index is -2.07. The Balaban J connectivity index is 0.000000473. The van der Waals surface area contributed by atoms with Crippen LogP contribution in [0.2, 0.25) is 13.1 Å². The second kappa shape index (κ2) is 7.75. The Bertz CT molecular complexity index is 1310. The molecule has 0 amide bonds. The molecular weight excluding hydrogens is 463 g/mol. The summed E-state index contributed by atoms with van der Waals surface area (Å²) in [6, 6.07) is 31.2. The highest BCUT2D eigenvalue weighted by atomic mass is 35.6. The zero-order valence-corrected chi connectivity index (χ0v) is 20.5. The van der Waals surface area contributed by atoms with E-state index in [1.54, 1.807) is 0 Å². The van der Waals surface area contributed by atoms with Gasteiger partial charge < -0.3 is 8.47 Å². The quantitative estimate of drug-likeness (QED) is 0.155. The van der Waals surface area contributed by atoms with Crippen LogP contribution in [0.1, 0.15) is 0 Å². The van der Waals surface area contributed by atoms with E-state index >= 15 is 0 Å². The van der Waals surface area contributed by atoms with Gasteiger partial charge in [-0.15, -0.1) is 0 Å². The number of halogens is 3. The molecule has 156 valence electrons. The zero-order valence-electron chi connectivity index (χ0n) is 17.2. The number of fused-ring (bicyclic) bond motifs is 9. The van der Waals surface area contributed by atoms with Gasteiger partial charge in [0, 0.05) is 33.5 Å². The number of aromatic nitrogens is 2. The molecule has 2 aromatic heterocycles. The molecule has 0 fully saturated rings. The van der Waals surface area contributed by atoms with E-state index in [1.807, 2.05) is 0 Å². The summed E-state index contributed by atoms with van der Waals surface area (Å²) < 4.78 is 4.54. The van der Waals surface area contributed by atoms with Gasteiger partial charge in [0.2, 0.25) is 0 Å². The van der Waals surface area contributed by atoms with Crippen molar-refractivity contribution in [3.05, 3.63) is 84.9 Å². The highest BCUT2D eigenvalue weighted by Gasteiger charge is 2.37. The number of rotatable bonds is 0. The van der Waals surface area contributed by atoms with Crippen LogP contribution in [0.15, 0.2) is 84.9 Å². The monoisotopic (exact) mass is 482 g/mol. The van der Waals surface area contributed by atoms with Crippen LogP contribution in [-0.4, -0.2) is 21.2 Å². The Morgan fingerprint density at radius 1 is 0.613 bits per heavy atom. The number of hydrogen-bond acceptors (Lipinski definition) is 0. The van der Waals surface area contributed by atoms with Gasteiger partial charge in [-0.2, -0.15) is 0 Å². The second-order valence-corrected chi connectivity index (χ2v) is 14.0. The van der Waals surface area contributed by atoms with Gasteiger partial charge in [-0.25, -0.2) is 0 Å². The predicted octanol–water partition coefficient (Wildman–Crippen LogP) is 8.33. The third kappa shape index (κ3) is 3.32. The molecule has 0 radical (unpaired) electrons. The van der Waals surface area contributed by atoms with Crippen LogP contribution in [0.25, 0.3) is 44.3 Å². The molecular formula is C25H21Cl3N2Si. The zero-order chi connectivity index (χ0) is 21.8. The molecule has 6 heteroatoms. The van der Waals surface area contributed by atoms with Gasteiger partial charge in [0.05, 0.1) is 0 Å². The first-order valence-electron chi connectivity index (χ1n) is 10.1. The Morgan fingerprint density at radius 3 is 1.39 bits per heavy atom. The van der Waals surface area contributed by atoms with Crippen molar-refractivity contribution in [1.29, 1.82) is 0 Å². The molecule has 6 rings (SSSR count). The lowest BCUT2D eigenvalue weighted by molar-refractivity contribution is 1.09. The van der Waals surface area contributed by atoms with Gasteiger partial charge in [0.15, 0.2) is 4.30 Å². The maximum Gasteiger partial charge on any atom is 0.267 e. The van der Waals surface area contributed by atoms with Crippen molar-refractivity contribution in [1.82, 2.24) is 8.47 Å². The molecule has 3 heterocycles. The minimum absolute atomic E-state index is 0.750. The summed E-state index contributed by atoms with van der Waals surface area (Å²) in [7, 11) is -2.07. The summed E-state index contributed by atoms with van der Waals surface area (Å²) in [4.78, 5) is 0. The third-order valence-electron chi connectivity index (χ3n) is 5.99. The molecule has 0 spiro atoms. The normalized spacial score (nSPS) is 13.9. The van der Waals surface area contributed by atoms with Crippen LogP contribution >= 0.6 is 34.8 Å². The molecule has 1 aliphatic heterocycles. The van der Waals surface area contributed by atoms with E-state index < -0.39 is 12.7 Å². The fourth-order valence-electron chi connectivity index (χ4n) is 4.91. The molecule has 0 unspecified atom stereocenters. The fourth-order valence-corrected chi connectivity index (χ4v) is 8.25. The number of nitrogens with zero attached hydrogens (tertiary/aromatic N) is 2. The first-order valence-corrected chi connectivity index (χ1v) is 14.3. The Labute approximate surface area is 197 Å². The lowest BCUT2D eigenvalue weighted by Gasteiger charge is -2.30.